The number of fused-ring (bicyclic) bond motifs is 1. The summed E-state index contributed by atoms with van der Waals surface area (Å²) in [5, 5.41) is 0.127. The molecule has 0 aliphatic carbocycles. The second-order valence-corrected chi connectivity index (χ2v) is 11.9. The van der Waals surface area contributed by atoms with Gasteiger partial charge in [0.15, 0.2) is 0 Å². The summed E-state index contributed by atoms with van der Waals surface area (Å²) in [4.78, 5) is 0. The standard InChI is InChI=1S/C9H18O2P2/c1-12(10)6-4-8-13(11)7-3-2-5-9(12)13/h9H,2-8H2,1H3/t9-,12-,13+/m0/s1. The lowest BCUT2D eigenvalue weighted by Gasteiger charge is -2.39. The maximum Gasteiger partial charge on any atom is 0.0977 e. The van der Waals surface area contributed by atoms with E-state index in [-0.39, 0.29) is 5.40 Å². The third kappa shape index (κ3) is 1.68. The van der Waals surface area contributed by atoms with Gasteiger partial charge >= 0.3 is 0 Å². The average Bonchev–Trinajstić information content (AvgIpc) is 2.02. The first kappa shape index (κ1) is 9.99. The van der Waals surface area contributed by atoms with Crippen molar-refractivity contribution < 1.29 is 9.13 Å². The maximum absolute atomic E-state index is 12.5. The Labute approximate surface area is 80.2 Å². The Balaban J connectivity index is 2.32. The van der Waals surface area contributed by atoms with Crippen LogP contribution in [0.15, 0.2) is 0 Å². The Hall–Kier alpha value is 0.460. The van der Waals surface area contributed by atoms with Crippen molar-refractivity contribution in [3.05, 3.63) is 0 Å². The predicted molar refractivity (Wildman–Crippen MR) is 58.0 cm³/mol. The highest BCUT2D eigenvalue weighted by molar-refractivity contribution is 7.82. The normalized spacial score (nSPS) is 51.3. The summed E-state index contributed by atoms with van der Waals surface area (Å²) in [6.45, 7) is 1.88. The molecular weight excluding hydrogens is 202 g/mol. The molecule has 0 aromatic heterocycles. The molecule has 0 unspecified atom stereocenters. The van der Waals surface area contributed by atoms with Gasteiger partial charge in [-0.15, -0.1) is 0 Å². The highest BCUT2D eigenvalue weighted by atomic mass is 31.2. The fourth-order valence-electron chi connectivity index (χ4n) is 2.87. The molecule has 2 aliphatic rings. The first-order valence-corrected chi connectivity index (χ1v) is 9.74. The lowest BCUT2D eigenvalue weighted by atomic mass is 10.3. The monoisotopic (exact) mass is 220 g/mol. The van der Waals surface area contributed by atoms with Gasteiger partial charge in [0, 0.05) is 18.5 Å². The van der Waals surface area contributed by atoms with Gasteiger partial charge in [-0.05, 0) is 25.9 Å². The Bertz CT molecular complexity index is 292. The van der Waals surface area contributed by atoms with Crippen molar-refractivity contribution in [1.82, 2.24) is 0 Å². The smallest absolute Gasteiger partial charge is 0.0977 e. The largest absolute Gasteiger partial charge is 0.323 e. The van der Waals surface area contributed by atoms with Crippen LogP contribution in [0, 0.1) is 0 Å². The minimum atomic E-state index is -2.05. The van der Waals surface area contributed by atoms with Crippen LogP contribution in [-0.2, 0) is 9.13 Å². The molecule has 2 aliphatic heterocycles. The van der Waals surface area contributed by atoms with E-state index in [1.54, 1.807) is 0 Å². The third-order valence-electron chi connectivity index (χ3n) is 3.56. The molecule has 0 N–H and O–H groups in total. The van der Waals surface area contributed by atoms with Gasteiger partial charge in [0.2, 0.25) is 0 Å². The summed E-state index contributed by atoms with van der Waals surface area (Å²) < 4.78 is 24.7. The molecule has 0 aromatic carbocycles. The quantitative estimate of drug-likeness (QED) is 0.587. The molecule has 2 nitrogen and oxygen atoms in total. The van der Waals surface area contributed by atoms with Gasteiger partial charge in [-0.25, -0.2) is 0 Å². The van der Waals surface area contributed by atoms with Gasteiger partial charge in [-0.3, -0.25) is 0 Å². The maximum atomic E-state index is 12.5. The fraction of sp³-hybridized carbons (Fsp3) is 1.00. The molecule has 2 saturated heterocycles. The van der Waals surface area contributed by atoms with E-state index in [4.69, 9.17) is 0 Å². The van der Waals surface area contributed by atoms with Gasteiger partial charge in [0.1, 0.15) is 0 Å². The Kier molecular flexibility index (Phi) is 2.49. The molecule has 76 valence electrons. The summed E-state index contributed by atoms with van der Waals surface area (Å²) in [7, 11) is -4.05. The molecule has 0 radical (unpaired) electrons. The van der Waals surface area contributed by atoms with Crippen molar-refractivity contribution in [2.45, 2.75) is 31.1 Å². The zero-order chi connectivity index (χ0) is 9.53. The Morgan fingerprint density at radius 1 is 1.00 bits per heavy atom. The summed E-state index contributed by atoms with van der Waals surface area (Å²) in [6, 6.07) is 0. The first-order valence-electron chi connectivity index (χ1n) is 5.19. The van der Waals surface area contributed by atoms with Crippen molar-refractivity contribution in [1.29, 1.82) is 0 Å². The molecule has 4 heteroatoms. The van der Waals surface area contributed by atoms with Gasteiger partial charge < -0.3 is 9.13 Å². The van der Waals surface area contributed by atoms with Crippen LogP contribution >= 0.6 is 14.3 Å². The third-order valence-corrected chi connectivity index (χ3v) is 12.5. The molecule has 3 atom stereocenters. The van der Waals surface area contributed by atoms with Crippen molar-refractivity contribution in [2.75, 3.05) is 25.2 Å². The molecule has 0 amide bonds. The molecule has 2 rings (SSSR count). The number of hydrogen-bond donors (Lipinski definition) is 0. The Morgan fingerprint density at radius 2 is 1.69 bits per heavy atom. The van der Waals surface area contributed by atoms with Crippen molar-refractivity contribution in [3.8, 4) is 0 Å². The molecule has 2 fully saturated rings. The van der Waals surface area contributed by atoms with E-state index in [0.717, 1.165) is 44.2 Å². The molecule has 0 spiro atoms. The number of hydrogen-bond acceptors (Lipinski definition) is 2. The van der Waals surface area contributed by atoms with E-state index in [0.29, 0.717) is 0 Å². The summed E-state index contributed by atoms with van der Waals surface area (Å²) in [6.07, 6.45) is 6.79. The fourth-order valence-corrected chi connectivity index (χ4v) is 12.5. The van der Waals surface area contributed by atoms with Crippen LogP contribution in [0.4, 0.5) is 0 Å². The second-order valence-electron chi connectivity index (χ2n) is 4.63. The highest BCUT2D eigenvalue weighted by Gasteiger charge is 2.46. The molecule has 2 heterocycles. The van der Waals surface area contributed by atoms with E-state index in [2.05, 4.69) is 0 Å². The minimum Gasteiger partial charge on any atom is -0.323 e. The molecular formula is C9H18O2P2. The topological polar surface area (TPSA) is 34.1 Å². The lowest BCUT2D eigenvalue weighted by Crippen LogP contribution is -2.24. The molecule has 0 saturated carbocycles. The Morgan fingerprint density at radius 3 is 2.38 bits per heavy atom. The van der Waals surface area contributed by atoms with Crippen molar-refractivity contribution in [2.24, 2.45) is 0 Å². The van der Waals surface area contributed by atoms with Crippen LogP contribution in [0.2, 0.25) is 0 Å². The van der Waals surface area contributed by atoms with E-state index in [9.17, 15) is 9.13 Å². The highest BCUT2D eigenvalue weighted by Crippen LogP contribution is 2.73. The van der Waals surface area contributed by atoms with E-state index >= 15 is 0 Å². The van der Waals surface area contributed by atoms with Crippen LogP contribution in [0.1, 0.15) is 25.7 Å². The van der Waals surface area contributed by atoms with Gasteiger partial charge in [-0.2, -0.15) is 0 Å². The summed E-state index contributed by atoms with van der Waals surface area (Å²) >= 11 is 0. The van der Waals surface area contributed by atoms with Crippen LogP contribution in [0.25, 0.3) is 0 Å². The zero-order valence-electron chi connectivity index (χ0n) is 8.24. The average molecular weight is 220 g/mol. The van der Waals surface area contributed by atoms with Crippen LogP contribution in [0.5, 0.6) is 0 Å². The van der Waals surface area contributed by atoms with Gasteiger partial charge in [0.25, 0.3) is 0 Å². The molecule has 0 bridgehead atoms. The second kappa shape index (κ2) is 3.24. The van der Waals surface area contributed by atoms with Gasteiger partial charge in [-0.1, -0.05) is 6.42 Å². The van der Waals surface area contributed by atoms with E-state index < -0.39 is 14.3 Å². The SMILES string of the molecule is C[P@]1(=O)CCC[P@]2(=O)CCCC[C@H]21. The van der Waals surface area contributed by atoms with E-state index in [1.165, 1.54) is 0 Å². The van der Waals surface area contributed by atoms with Crippen LogP contribution < -0.4 is 0 Å². The zero-order valence-corrected chi connectivity index (χ0v) is 10.0. The number of rotatable bonds is 0. The van der Waals surface area contributed by atoms with Crippen molar-refractivity contribution >= 4 is 14.3 Å². The lowest BCUT2D eigenvalue weighted by molar-refractivity contribution is 0.533. The predicted octanol–water partition coefficient (Wildman–Crippen LogP) is 3.26. The van der Waals surface area contributed by atoms with Crippen LogP contribution in [-0.4, -0.2) is 30.6 Å². The van der Waals surface area contributed by atoms with E-state index in [1.807, 2.05) is 6.66 Å². The summed E-state index contributed by atoms with van der Waals surface area (Å²) in [5.41, 5.74) is 0. The molecule has 0 aromatic rings. The van der Waals surface area contributed by atoms with Gasteiger partial charge in [0.05, 0.1) is 19.7 Å². The van der Waals surface area contributed by atoms with Crippen molar-refractivity contribution in [3.63, 3.8) is 0 Å². The summed E-state index contributed by atoms with van der Waals surface area (Å²) in [5.74, 6) is 0. The molecule has 13 heavy (non-hydrogen) atoms. The minimum absolute atomic E-state index is 0.127. The van der Waals surface area contributed by atoms with Crippen LogP contribution in [0.3, 0.4) is 0 Å². The first-order chi connectivity index (χ1) is 6.05.